The molecule has 4 nitrogen and oxygen atoms in total. The van der Waals surface area contributed by atoms with Gasteiger partial charge in [0.2, 0.25) is 0 Å². The van der Waals surface area contributed by atoms with Crippen molar-refractivity contribution in [2.45, 2.75) is 12.8 Å². The van der Waals surface area contributed by atoms with E-state index in [0.717, 1.165) is 12.2 Å². The number of aromatic amines is 1. The molecule has 0 amide bonds. The van der Waals surface area contributed by atoms with Crippen LogP contribution in [0.5, 0.6) is 0 Å². The average molecular weight is 268 g/mol. The van der Waals surface area contributed by atoms with Gasteiger partial charge in [-0.1, -0.05) is 37.3 Å². The number of nitrogens with one attached hydrogen (secondary N) is 2. The zero-order valence-electron chi connectivity index (χ0n) is 11.2. The van der Waals surface area contributed by atoms with E-state index in [0.29, 0.717) is 17.0 Å². The molecule has 1 aromatic heterocycles. The molecular formula is C16H16N2O2. The predicted octanol–water partition coefficient (Wildman–Crippen LogP) is 3.34. The van der Waals surface area contributed by atoms with Crippen LogP contribution in [0.25, 0.3) is 11.1 Å². The van der Waals surface area contributed by atoms with Gasteiger partial charge in [-0.15, -0.1) is 0 Å². The number of hydrogen-bond acceptors (Lipinski definition) is 3. The van der Waals surface area contributed by atoms with Gasteiger partial charge in [-0.25, -0.2) is 4.79 Å². The van der Waals surface area contributed by atoms with Crippen molar-refractivity contribution < 1.29 is 4.42 Å². The van der Waals surface area contributed by atoms with Gasteiger partial charge in [0.25, 0.3) is 0 Å². The van der Waals surface area contributed by atoms with Gasteiger partial charge < -0.3 is 9.73 Å². The zero-order chi connectivity index (χ0) is 13.9. The summed E-state index contributed by atoms with van der Waals surface area (Å²) in [4.78, 5) is 13.8. The van der Waals surface area contributed by atoms with Crippen molar-refractivity contribution in [3.05, 3.63) is 64.6 Å². The van der Waals surface area contributed by atoms with Gasteiger partial charge in [-0.3, -0.25) is 4.98 Å². The van der Waals surface area contributed by atoms with E-state index in [4.69, 9.17) is 4.42 Å². The van der Waals surface area contributed by atoms with E-state index in [1.165, 1.54) is 5.56 Å². The lowest BCUT2D eigenvalue weighted by molar-refractivity contribution is 0.555. The Balaban J connectivity index is 1.72. The smallest absolute Gasteiger partial charge is 0.408 e. The summed E-state index contributed by atoms with van der Waals surface area (Å²) >= 11 is 0. The molecule has 2 aromatic carbocycles. The first-order chi connectivity index (χ1) is 9.72. The topological polar surface area (TPSA) is 58.0 Å². The van der Waals surface area contributed by atoms with E-state index >= 15 is 0 Å². The molecule has 0 radical (unpaired) electrons. The normalized spacial score (nSPS) is 12.4. The van der Waals surface area contributed by atoms with Crippen LogP contribution in [0.15, 0.2) is 57.7 Å². The summed E-state index contributed by atoms with van der Waals surface area (Å²) in [5.74, 6) is -0.00917. The minimum atomic E-state index is -0.421. The molecule has 0 saturated heterocycles. The molecular weight excluding hydrogens is 252 g/mol. The van der Waals surface area contributed by atoms with Crippen LogP contribution in [0, 0.1) is 0 Å². The minimum Gasteiger partial charge on any atom is -0.408 e. The minimum absolute atomic E-state index is 0.412. The molecule has 3 aromatic rings. The van der Waals surface area contributed by atoms with Crippen LogP contribution in [0.1, 0.15) is 18.4 Å². The molecule has 0 saturated carbocycles. The second kappa shape index (κ2) is 5.25. The largest absolute Gasteiger partial charge is 0.417 e. The van der Waals surface area contributed by atoms with Crippen molar-refractivity contribution in [1.82, 2.24) is 4.98 Å². The highest BCUT2D eigenvalue weighted by molar-refractivity contribution is 5.76. The van der Waals surface area contributed by atoms with Gasteiger partial charge in [0.15, 0.2) is 5.58 Å². The molecule has 2 N–H and O–H groups in total. The Morgan fingerprint density at radius 3 is 2.80 bits per heavy atom. The van der Waals surface area contributed by atoms with Crippen molar-refractivity contribution in [2.75, 3.05) is 11.9 Å². The first-order valence-electron chi connectivity index (χ1n) is 6.64. The molecule has 0 aliphatic heterocycles. The summed E-state index contributed by atoms with van der Waals surface area (Å²) < 4.78 is 4.98. The number of H-pyrrole nitrogens is 1. The van der Waals surface area contributed by atoms with Gasteiger partial charge >= 0.3 is 5.76 Å². The zero-order valence-corrected chi connectivity index (χ0v) is 11.2. The Kier molecular flexibility index (Phi) is 3.29. The van der Waals surface area contributed by atoms with Crippen LogP contribution < -0.4 is 11.1 Å². The van der Waals surface area contributed by atoms with Crippen LogP contribution in [0.3, 0.4) is 0 Å². The van der Waals surface area contributed by atoms with E-state index in [9.17, 15) is 4.79 Å². The molecule has 102 valence electrons. The third-order valence-corrected chi connectivity index (χ3v) is 3.40. The Morgan fingerprint density at radius 1 is 1.20 bits per heavy atom. The lowest BCUT2D eigenvalue weighted by atomic mass is 10.0. The number of hydrogen-bond donors (Lipinski definition) is 2. The third-order valence-electron chi connectivity index (χ3n) is 3.40. The summed E-state index contributed by atoms with van der Waals surface area (Å²) in [5.41, 5.74) is 3.57. The second-order valence-corrected chi connectivity index (χ2v) is 4.92. The molecule has 0 aliphatic carbocycles. The number of fused-ring (bicyclic) bond motifs is 1. The lowest BCUT2D eigenvalue weighted by Gasteiger charge is -2.13. The Bertz CT molecular complexity index is 759. The van der Waals surface area contributed by atoms with Crippen molar-refractivity contribution in [3.8, 4) is 0 Å². The average Bonchev–Trinajstić information content (AvgIpc) is 2.85. The van der Waals surface area contributed by atoms with Crippen molar-refractivity contribution in [1.29, 1.82) is 0 Å². The molecule has 0 bridgehead atoms. The third kappa shape index (κ3) is 2.59. The van der Waals surface area contributed by atoms with Gasteiger partial charge in [0, 0.05) is 12.2 Å². The van der Waals surface area contributed by atoms with E-state index in [1.54, 1.807) is 6.07 Å². The van der Waals surface area contributed by atoms with Crippen LogP contribution in [0.2, 0.25) is 0 Å². The summed E-state index contributed by atoms with van der Waals surface area (Å²) in [6.45, 7) is 3.01. The number of benzene rings is 2. The molecule has 1 atom stereocenters. The molecule has 1 heterocycles. The first-order valence-corrected chi connectivity index (χ1v) is 6.64. The van der Waals surface area contributed by atoms with Crippen molar-refractivity contribution in [2.24, 2.45) is 0 Å². The number of aromatic nitrogens is 1. The predicted molar refractivity (Wildman–Crippen MR) is 80.2 cm³/mol. The first kappa shape index (κ1) is 12.5. The Hall–Kier alpha value is -2.49. The molecule has 0 fully saturated rings. The SMILES string of the molecule is CC(CNc1ccc2oc(=O)[nH]c2c1)c1ccccc1. The number of anilines is 1. The summed E-state index contributed by atoms with van der Waals surface area (Å²) in [6.07, 6.45) is 0. The maximum absolute atomic E-state index is 11.1. The molecule has 0 spiro atoms. The highest BCUT2D eigenvalue weighted by Crippen LogP contribution is 2.19. The van der Waals surface area contributed by atoms with Gasteiger partial charge in [-0.2, -0.15) is 0 Å². The number of rotatable bonds is 4. The molecule has 0 aliphatic rings. The highest BCUT2D eigenvalue weighted by atomic mass is 16.4. The van der Waals surface area contributed by atoms with Gasteiger partial charge in [0.1, 0.15) is 0 Å². The van der Waals surface area contributed by atoms with E-state index in [2.05, 4.69) is 29.4 Å². The quantitative estimate of drug-likeness (QED) is 0.763. The fourth-order valence-electron chi connectivity index (χ4n) is 2.23. The summed E-state index contributed by atoms with van der Waals surface area (Å²) in [7, 11) is 0. The molecule has 3 rings (SSSR count). The van der Waals surface area contributed by atoms with E-state index in [-0.39, 0.29) is 0 Å². The Labute approximate surface area is 116 Å². The monoisotopic (exact) mass is 268 g/mol. The van der Waals surface area contributed by atoms with Crippen LogP contribution in [-0.2, 0) is 0 Å². The summed E-state index contributed by atoms with van der Waals surface area (Å²) in [5, 5.41) is 3.38. The van der Waals surface area contributed by atoms with Crippen LogP contribution in [-0.4, -0.2) is 11.5 Å². The number of oxazole rings is 1. The van der Waals surface area contributed by atoms with Gasteiger partial charge in [-0.05, 0) is 29.7 Å². The summed E-state index contributed by atoms with van der Waals surface area (Å²) in [6, 6.07) is 16.0. The van der Waals surface area contributed by atoms with Crippen molar-refractivity contribution >= 4 is 16.8 Å². The maximum atomic E-state index is 11.1. The fraction of sp³-hybridized carbons (Fsp3) is 0.188. The molecule has 20 heavy (non-hydrogen) atoms. The van der Waals surface area contributed by atoms with Crippen LogP contribution in [0.4, 0.5) is 5.69 Å². The van der Waals surface area contributed by atoms with Gasteiger partial charge in [0.05, 0.1) is 5.52 Å². The van der Waals surface area contributed by atoms with E-state index in [1.807, 2.05) is 30.3 Å². The fourth-order valence-corrected chi connectivity index (χ4v) is 2.23. The maximum Gasteiger partial charge on any atom is 0.417 e. The second-order valence-electron chi connectivity index (χ2n) is 4.92. The molecule has 1 unspecified atom stereocenters. The highest BCUT2D eigenvalue weighted by Gasteiger charge is 2.06. The van der Waals surface area contributed by atoms with Crippen LogP contribution >= 0.6 is 0 Å². The lowest BCUT2D eigenvalue weighted by Crippen LogP contribution is -2.09. The van der Waals surface area contributed by atoms with Crippen molar-refractivity contribution in [3.63, 3.8) is 0 Å². The Morgan fingerprint density at radius 2 is 2.00 bits per heavy atom. The van der Waals surface area contributed by atoms with E-state index < -0.39 is 5.76 Å². The standard InChI is InChI=1S/C16H16N2O2/c1-11(12-5-3-2-4-6-12)10-17-13-7-8-15-14(9-13)18-16(19)20-15/h2-9,11,17H,10H2,1H3,(H,18,19). The molecule has 4 heteroatoms.